The zero-order chi connectivity index (χ0) is 16.2. The highest BCUT2D eigenvalue weighted by Gasteiger charge is 2.22. The molecule has 1 aromatic heterocycles. The molecule has 1 aliphatic carbocycles. The summed E-state index contributed by atoms with van der Waals surface area (Å²) in [5.74, 6) is 0.156. The van der Waals surface area contributed by atoms with Crippen molar-refractivity contribution < 1.29 is 9.59 Å². The van der Waals surface area contributed by atoms with Gasteiger partial charge in [0, 0.05) is 24.0 Å². The van der Waals surface area contributed by atoms with Gasteiger partial charge in [-0.1, -0.05) is 6.07 Å². The highest BCUT2D eigenvalue weighted by Crippen LogP contribution is 2.27. The van der Waals surface area contributed by atoms with Crippen molar-refractivity contribution >= 4 is 17.5 Å². The van der Waals surface area contributed by atoms with Crippen LogP contribution < -0.4 is 10.6 Å². The largest absolute Gasteiger partial charge is 0.352 e. The fourth-order valence-corrected chi connectivity index (χ4v) is 2.17. The average molecular weight is 310 g/mol. The standard InChI is InChI=1S/C17H18N4O2/c1-11-4-7-13(16(22)18-10-12-5-6-12)9-15(11)20-17(23)14-3-2-8-19-21-14/h2-4,7-9,12H,5-6,10H2,1H3,(H,18,22)(H,20,23). The normalized spacial score (nSPS) is 13.4. The van der Waals surface area contributed by atoms with Crippen LogP contribution in [0.3, 0.4) is 0 Å². The van der Waals surface area contributed by atoms with Crippen molar-refractivity contribution in [1.29, 1.82) is 0 Å². The van der Waals surface area contributed by atoms with E-state index in [9.17, 15) is 9.59 Å². The Labute approximate surface area is 134 Å². The number of carbonyl (C=O) groups is 2. The van der Waals surface area contributed by atoms with E-state index in [1.807, 2.05) is 13.0 Å². The summed E-state index contributed by atoms with van der Waals surface area (Å²) in [6.07, 6.45) is 3.88. The number of carbonyl (C=O) groups excluding carboxylic acids is 2. The van der Waals surface area contributed by atoms with Crippen LogP contribution in [0.15, 0.2) is 36.5 Å². The van der Waals surface area contributed by atoms with Gasteiger partial charge >= 0.3 is 0 Å². The number of aryl methyl sites for hydroxylation is 1. The summed E-state index contributed by atoms with van der Waals surface area (Å²) in [4.78, 5) is 24.3. The summed E-state index contributed by atoms with van der Waals surface area (Å²) < 4.78 is 0. The molecule has 6 heteroatoms. The fraction of sp³-hybridized carbons (Fsp3) is 0.294. The third-order valence-electron chi connectivity index (χ3n) is 3.80. The molecular weight excluding hydrogens is 292 g/mol. The predicted molar refractivity (Wildman–Crippen MR) is 86.2 cm³/mol. The molecule has 0 bridgehead atoms. The lowest BCUT2D eigenvalue weighted by molar-refractivity contribution is 0.0950. The smallest absolute Gasteiger partial charge is 0.276 e. The number of hydrogen-bond donors (Lipinski definition) is 2. The number of benzene rings is 1. The van der Waals surface area contributed by atoms with Gasteiger partial charge in [-0.15, -0.1) is 5.10 Å². The Morgan fingerprint density at radius 1 is 1.22 bits per heavy atom. The molecule has 118 valence electrons. The first-order valence-corrected chi connectivity index (χ1v) is 7.61. The van der Waals surface area contributed by atoms with E-state index >= 15 is 0 Å². The average Bonchev–Trinajstić information content (AvgIpc) is 3.40. The van der Waals surface area contributed by atoms with Gasteiger partial charge in [0.2, 0.25) is 0 Å². The van der Waals surface area contributed by atoms with Gasteiger partial charge in [-0.2, -0.15) is 5.10 Å². The van der Waals surface area contributed by atoms with E-state index in [4.69, 9.17) is 0 Å². The molecule has 1 heterocycles. The molecule has 6 nitrogen and oxygen atoms in total. The Morgan fingerprint density at radius 3 is 2.74 bits per heavy atom. The van der Waals surface area contributed by atoms with Crippen LogP contribution in [0.2, 0.25) is 0 Å². The SMILES string of the molecule is Cc1ccc(C(=O)NCC2CC2)cc1NC(=O)c1cccnn1. The van der Waals surface area contributed by atoms with Gasteiger partial charge in [-0.05, 0) is 55.5 Å². The molecule has 2 aromatic rings. The van der Waals surface area contributed by atoms with E-state index in [1.54, 1.807) is 24.3 Å². The highest BCUT2D eigenvalue weighted by atomic mass is 16.2. The summed E-state index contributed by atoms with van der Waals surface area (Å²) in [6.45, 7) is 2.59. The molecule has 2 N–H and O–H groups in total. The number of anilines is 1. The summed E-state index contributed by atoms with van der Waals surface area (Å²) in [6, 6.07) is 8.50. The van der Waals surface area contributed by atoms with Crippen molar-refractivity contribution in [2.75, 3.05) is 11.9 Å². The number of amides is 2. The third-order valence-corrected chi connectivity index (χ3v) is 3.80. The molecule has 1 fully saturated rings. The van der Waals surface area contributed by atoms with E-state index < -0.39 is 0 Å². The predicted octanol–water partition coefficient (Wildman–Crippen LogP) is 2.18. The molecular formula is C17H18N4O2. The maximum absolute atomic E-state index is 12.2. The summed E-state index contributed by atoms with van der Waals surface area (Å²) in [5.41, 5.74) is 2.24. The van der Waals surface area contributed by atoms with Crippen LogP contribution in [0.5, 0.6) is 0 Å². The Morgan fingerprint density at radius 2 is 2.04 bits per heavy atom. The summed E-state index contributed by atoms with van der Waals surface area (Å²) in [7, 11) is 0. The van der Waals surface area contributed by atoms with E-state index in [0.29, 0.717) is 23.7 Å². The minimum Gasteiger partial charge on any atom is -0.352 e. The monoisotopic (exact) mass is 310 g/mol. The third kappa shape index (κ3) is 3.91. The Hall–Kier alpha value is -2.76. The lowest BCUT2D eigenvalue weighted by atomic mass is 10.1. The van der Waals surface area contributed by atoms with Gasteiger partial charge in [-0.25, -0.2) is 0 Å². The molecule has 0 unspecified atom stereocenters. The quantitative estimate of drug-likeness (QED) is 0.886. The van der Waals surface area contributed by atoms with E-state index in [-0.39, 0.29) is 17.5 Å². The minimum absolute atomic E-state index is 0.119. The number of nitrogens with zero attached hydrogens (tertiary/aromatic N) is 2. The van der Waals surface area contributed by atoms with Crippen LogP contribution in [0.25, 0.3) is 0 Å². The molecule has 0 aliphatic heterocycles. The van der Waals surface area contributed by atoms with Crippen LogP contribution in [0, 0.1) is 12.8 Å². The van der Waals surface area contributed by atoms with Crippen molar-refractivity contribution in [1.82, 2.24) is 15.5 Å². The van der Waals surface area contributed by atoms with E-state index in [0.717, 1.165) is 5.56 Å². The van der Waals surface area contributed by atoms with Gasteiger partial charge in [0.15, 0.2) is 5.69 Å². The first-order chi connectivity index (χ1) is 11.1. The maximum atomic E-state index is 12.2. The molecule has 1 saturated carbocycles. The molecule has 1 aliphatic rings. The molecule has 0 saturated heterocycles. The fourth-order valence-electron chi connectivity index (χ4n) is 2.17. The van der Waals surface area contributed by atoms with Gasteiger partial charge in [0.05, 0.1) is 0 Å². The number of hydrogen-bond acceptors (Lipinski definition) is 4. The molecule has 0 atom stereocenters. The van der Waals surface area contributed by atoms with Crippen LogP contribution in [0.4, 0.5) is 5.69 Å². The molecule has 0 spiro atoms. The van der Waals surface area contributed by atoms with Gasteiger partial charge in [0.1, 0.15) is 0 Å². The van der Waals surface area contributed by atoms with E-state index in [2.05, 4.69) is 20.8 Å². The minimum atomic E-state index is -0.350. The molecule has 0 radical (unpaired) electrons. The van der Waals surface area contributed by atoms with Crippen LogP contribution in [0.1, 0.15) is 39.3 Å². The number of aromatic nitrogens is 2. The Kier molecular flexibility index (Phi) is 4.32. The maximum Gasteiger partial charge on any atom is 0.276 e. The molecule has 23 heavy (non-hydrogen) atoms. The Bertz CT molecular complexity index is 727. The topological polar surface area (TPSA) is 84.0 Å². The van der Waals surface area contributed by atoms with Gasteiger partial charge in [0.25, 0.3) is 11.8 Å². The lowest BCUT2D eigenvalue weighted by Gasteiger charge is -2.10. The summed E-state index contributed by atoms with van der Waals surface area (Å²) in [5, 5.41) is 13.2. The Balaban J connectivity index is 1.72. The van der Waals surface area contributed by atoms with Crippen LogP contribution in [-0.2, 0) is 0 Å². The first kappa shape index (κ1) is 15.1. The molecule has 1 aromatic carbocycles. The molecule has 2 amide bonds. The van der Waals surface area contributed by atoms with Crippen molar-refractivity contribution in [2.45, 2.75) is 19.8 Å². The number of nitrogens with one attached hydrogen (secondary N) is 2. The van der Waals surface area contributed by atoms with Crippen molar-refractivity contribution in [3.8, 4) is 0 Å². The van der Waals surface area contributed by atoms with Crippen molar-refractivity contribution in [2.24, 2.45) is 5.92 Å². The molecule has 3 rings (SSSR count). The van der Waals surface area contributed by atoms with Crippen LogP contribution >= 0.6 is 0 Å². The van der Waals surface area contributed by atoms with E-state index in [1.165, 1.54) is 19.0 Å². The number of rotatable bonds is 5. The zero-order valence-corrected chi connectivity index (χ0v) is 12.9. The summed E-state index contributed by atoms with van der Waals surface area (Å²) >= 11 is 0. The second kappa shape index (κ2) is 6.56. The van der Waals surface area contributed by atoms with Gasteiger partial charge in [-0.3, -0.25) is 9.59 Å². The second-order valence-electron chi connectivity index (χ2n) is 5.75. The van der Waals surface area contributed by atoms with Crippen molar-refractivity contribution in [3.05, 3.63) is 53.3 Å². The first-order valence-electron chi connectivity index (χ1n) is 7.61. The zero-order valence-electron chi connectivity index (χ0n) is 12.9. The van der Waals surface area contributed by atoms with Gasteiger partial charge < -0.3 is 10.6 Å². The highest BCUT2D eigenvalue weighted by molar-refractivity contribution is 6.04. The van der Waals surface area contributed by atoms with Crippen LogP contribution in [-0.4, -0.2) is 28.6 Å². The lowest BCUT2D eigenvalue weighted by Crippen LogP contribution is -2.25. The second-order valence-corrected chi connectivity index (χ2v) is 5.75. The van der Waals surface area contributed by atoms with Crippen molar-refractivity contribution in [3.63, 3.8) is 0 Å².